The summed E-state index contributed by atoms with van der Waals surface area (Å²) in [6, 6.07) is 7.20. The first-order valence-electron chi connectivity index (χ1n) is 8.64. The largest absolute Gasteiger partial charge is 0.472 e. The molecule has 7 heteroatoms. The van der Waals surface area contributed by atoms with Crippen molar-refractivity contribution in [2.45, 2.75) is 26.3 Å². The van der Waals surface area contributed by atoms with Crippen molar-refractivity contribution in [1.29, 1.82) is 0 Å². The first kappa shape index (κ1) is 17.8. The van der Waals surface area contributed by atoms with Crippen LogP contribution in [0.25, 0.3) is 0 Å². The van der Waals surface area contributed by atoms with Crippen LogP contribution in [-0.2, 0) is 11.3 Å². The zero-order chi connectivity index (χ0) is 18.4. The van der Waals surface area contributed by atoms with Gasteiger partial charge in [0.05, 0.1) is 11.8 Å². The van der Waals surface area contributed by atoms with Crippen LogP contribution >= 0.6 is 0 Å². The summed E-state index contributed by atoms with van der Waals surface area (Å²) in [5.41, 5.74) is 1.43. The molecule has 0 spiro atoms. The number of amides is 2. The van der Waals surface area contributed by atoms with Crippen LogP contribution in [0.4, 0.5) is 0 Å². The van der Waals surface area contributed by atoms with Gasteiger partial charge in [-0.15, -0.1) is 0 Å². The summed E-state index contributed by atoms with van der Waals surface area (Å²) in [6.07, 6.45) is 3.96. The Labute approximate surface area is 151 Å². The van der Waals surface area contributed by atoms with E-state index in [0.29, 0.717) is 36.7 Å². The van der Waals surface area contributed by atoms with Gasteiger partial charge in [-0.2, -0.15) is 0 Å². The maximum atomic E-state index is 12.4. The van der Waals surface area contributed by atoms with Crippen molar-refractivity contribution < 1.29 is 23.5 Å². The molecule has 1 aliphatic rings. The molecule has 0 unspecified atom stereocenters. The second-order valence-electron chi connectivity index (χ2n) is 6.02. The molecular weight excluding hydrogens is 336 g/mol. The van der Waals surface area contributed by atoms with Gasteiger partial charge in [0.25, 0.3) is 5.91 Å². The van der Waals surface area contributed by atoms with Crippen LogP contribution in [-0.4, -0.2) is 36.6 Å². The summed E-state index contributed by atoms with van der Waals surface area (Å²) in [6.45, 7) is 3.58. The molecule has 138 valence electrons. The average Bonchev–Trinajstić information content (AvgIpc) is 3.34. The number of nitrogens with one attached hydrogen (secondary N) is 1. The molecule has 1 aliphatic heterocycles. The maximum Gasteiger partial charge on any atom is 0.257 e. The fourth-order valence-electron chi connectivity index (χ4n) is 2.73. The van der Waals surface area contributed by atoms with Crippen LogP contribution in [0.1, 0.15) is 35.7 Å². The van der Waals surface area contributed by atoms with Crippen molar-refractivity contribution in [2.75, 3.05) is 19.9 Å². The lowest BCUT2D eigenvalue weighted by atomic mass is 10.2. The highest BCUT2D eigenvalue weighted by atomic mass is 16.7. The third-order valence-corrected chi connectivity index (χ3v) is 4.08. The van der Waals surface area contributed by atoms with E-state index in [1.54, 1.807) is 11.0 Å². The highest BCUT2D eigenvalue weighted by Gasteiger charge is 2.17. The molecule has 1 aromatic heterocycles. The molecule has 2 amide bonds. The molecule has 1 N–H and O–H groups in total. The highest BCUT2D eigenvalue weighted by molar-refractivity contribution is 5.94. The van der Waals surface area contributed by atoms with E-state index in [4.69, 9.17) is 13.9 Å². The van der Waals surface area contributed by atoms with E-state index in [0.717, 1.165) is 12.0 Å². The number of rotatable bonds is 8. The second kappa shape index (κ2) is 8.42. The van der Waals surface area contributed by atoms with Gasteiger partial charge in [-0.3, -0.25) is 9.59 Å². The molecule has 0 aliphatic carbocycles. The summed E-state index contributed by atoms with van der Waals surface area (Å²) in [5, 5.41) is 2.87. The highest BCUT2D eigenvalue weighted by Crippen LogP contribution is 2.32. The summed E-state index contributed by atoms with van der Waals surface area (Å²) in [5.74, 6) is 1.18. The maximum absolute atomic E-state index is 12.4. The Morgan fingerprint density at radius 2 is 2.00 bits per heavy atom. The minimum Gasteiger partial charge on any atom is -0.472 e. The van der Waals surface area contributed by atoms with Crippen LogP contribution in [0.2, 0.25) is 0 Å². The van der Waals surface area contributed by atoms with E-state index < -0.39 is 0 Å². The quantitative estimate of drug-likeness (QED) is 0.784. The molecule has 0 atom stereocenters. The minimum absolute atomic E-state index is 0.108. The summed E-state index contributed by atoms with van der Waals surface area (Å²) >= 11 is 0. The third-order valence-electron chi connectivity index (χ3n) is 4.08. The molecule has 0 radical (unpaired) electrons. The average molecular weight is 358 g/mol. The molecule has 0 fully saturated rings. The van der Waals surface area contributed by atoms with Crippen molar-refractivity contribution >= 4 is 11.8 Å². The zero-order valence-electron chi connectivity index (χ0n) is 14.7. The molecule has 0 bridgehead atoms. The third kappa shape index (κ3) is 4.36. The summed E-state index contributed by atoms with van der Waals surface area (Å²) in [7, 11) is 0. The Morgan fingerprint density at radius 3 is 2.77 bits per heavy atom. The fourth-order valence-corrected chi connectivity index (χ4v) is 2.73. The fraction of sp³-hybridized carbons (Fsp3) is 0.368. The molecule has 0 saturated heterocycles. The van der Waals surface area contributed by atoms with Gasteiger partial charge in [0, 0.05) is 26.1 Å². The standard InChI is InChI=1S/C19H22N2O5/c1-2-7-21(19(23)15-6-9-24-12-15)8-5-18(22)20-11-14-3-4-16-17(10-14)26-13-25-16/h3-4,6,9-10,12H,2,5,7-8,11,13H2,1H3,(H,20,22). The lowest BCUT2D eigenvalue weighted by Gasteiger charge is -2.21. The van der Waals surface area contributed by atoms with Crippen LogP contribution in [0.3, 0.4) is 0 Å². The van der Waals surface area contributed by atoms with Gasteiger partial charge in [-0.05, 0) is 30.2 Å². The Kier molecular flexibility index (Phi) is 5.78. The predicted octanol–water partition coefficient (Wildman–Crippen LogP) is 2.57. The first-order valence-corrected chi connectivity index (χ1v) is 8.64. The predicted molar refractivity (Wildman–Crippen MR) is 93.9 cm³/mol. The van der Waals surface area contributed by atoms with Crippen molar-refractivity contribution in [3.05, 3.63) is 47.9 Å². The zero-order valence-corrected chi connectivity index (χ0v) is 14.7. The van der Waals surface area contributed by atoms with Gasteiger partial charge >= 0.3 is 0 Å². The molecule has 1 aromatic carbocycles. The molecular formula is C19H22N2O5. The Morgan fingerprint density at radius 1 is 1.15 bits per heavy atom. The van der Waals surface area contributed by atoms with Crippen molar-refractivity contribution in [3.63, 3.8) is 0 Å². The summed E-state index contributed by atoms with van der Waals surface area (Å²) < 4.78 is 15.6. The number of ether oxygens (including phenoxy) is 2. The lowest BCUT2D eigenvalue weighted by molar-refractivity contribution is -0.121. The molecule has 7 nitrogen and oxygen atoms in total. The van der Waals surface area contributed by atoms with Crippen LogP contribution in [0, 0.1) is 0 Å². The first-order chi connectivity index (χ1) is 12.7. The Balaban J connectivity index is 1.48. The van der Waals surface area contributed by atoms with Crippen molar-refractivity contribution in [2.24, 2.45) is 0 Å². The Hall–Kier alpha value is -2.96. The van der Waals surface area contributed by atoms with Crippen LogP contribution < -0.4 is 14.8 Å². The number of carbonyl (C=O) groups is 2. The van der Waals surface area contributed by atoms with E-state index in [2.05, 4.69) is 5.32 Å². The van der Waals surface area contributed by atoms with Gasteiger partial charge in [-0.1, -0.05) is 13.0 Å². The normalized spacial score (nSPS) is 12.0. The minimum atomic E-state index is -0.121. The van der Waals surface area contributed by atoms with Gasteiger partial charge < -0.3 is 24.1 Å². The van der Waals surface area contributed by atoms with E-state index in [9.17, 15) is 9.59 Å². The van der Waals surface area contributed by atoms with Crippen LogP contribution in [0.15, 0.2) is 41.2 Å². The SMILES string of the molecule is CCCN(CCC(=O)NCc1ccc2c(c1)OCO2)C(=O)c1ccoc1. The number of benzene rings is 1. The molecule has 3 rings (SSSR count). The number of hydrogen-bond acceptors (Lipinski definition) is 5. The number of fused-ring (bicyclic) bond motifs is 1. The number of nitrogens with zero attached hydrogens (tertiary/aromatic N) is 1. The number of hydrogen-bond donors (Lipinski definition) is 1. The van der Waals surface area contributed by atoms with Gasteiger partial charge in [-0.25, -0.2) is 0 Å². The van der Waals surface area contributed by atoms with Gasteiger partial charge in [0.2, 0.25) is 12.7 Å². The molecule has 2 heterocycles. The molecule has 2 aromatic rings. The molecule has 0 saturated carbocycles. The monoisotopic (exact) mass is 358 g/mol. The van der Waals surface area contributed by atoms with E-state index in [1.807, 2.05) is 25.1 Å². The van der Waals surface area contributed by atoms with E-state index in [1.165, 1.54) is 12.5 Å². The van der Waals surface area contributed by atoms with Crippen molar-refractivity contribution in [1.82, 2.24) is 10.2 Å². The van der Waals surface area contributed by atoms with Gasteiger partial charge in [0.1, 0.15) is 6.26 Å². The smallest absolute Gasteiger partial charge is 0.257 e. The van der Waals surface area contributed by atoms with Crippen LogP contribution in [0.5, 0.6) is 11.5 Å². The number of carbonyl (C=O) groups excluding carboxylic acids is 2. The molecule has 26 heavy (non-hydrogen) atoms. The number of furan rings is 1. The summed E-state index contributed by atoms with van der Waals surface area (Å²) in [4.78, 5) is 26.2. The van der Waals surface area contributed by atoms with Crippen molar-refractivity contribution in [3.8, 4) is 11.5 Å². The Bertz CT molecular complexity index is 757. The van der Waals surface area contributed by atoms with E-state index in [-0.39, 0.29) is 25.0 Å². The lowest BCUT2D eigenvalue weighted by Crippen LogP contribution is -2.35. The second-order valence-corrected chi connectivity index (χ2v) is 6.02. The van der Waals surface area contributed by atoms with Gasteiger partial charge in [0.15, 0.2) is 11.5 Å². The topological polar surface area (TPSA) is 81.0 Å². The van der Waals surface area contributed by atoms with E-state index >= 15 is 0 Å².